The van der Waals surface area contributed by atoms with Crippen LogP contribution >= 0.6 is 11.6 Å². The van der Waals surface area contributed by atoms with Gasteiger partial charge >= 0.3 is 0 Å². The van der Waals surface area contributed by atoms with Crippen molar-refractivity contribution in [2.24, 2.45) is 0 Å². The lowest BCUT2D eigenvalue weighted by molar-refractivity contribution is 0.112. The van der Waals surface area contributed by atoms with Crippen LogP contribution in [0.15, 0.2) is 66.9 Å². The molecule has 1 heterocycles. The molecule has 0 fully saturated rings. The Morgan fingerprint density at radius 3 is 2.38 bits per heavy atom. The monoisotopic (exact) mass is 293 g/mol. The number of aldehydes is 1. The number of aromatic nitrogens is 1. The molecule has 0 amide bonds. The molecule has 1 aromatic heterocycles. The summed E-state index contributed by atoms with van der Waals surface area (Å²) >= 11 is 5.95. The van der Waals surface area contributed by atoms with Gasteiger partial charge in [0.2, 0.25) is 0 Å². The van der Waals surface area contributed by atoms with Crippen LogP contribution in [-0.4, -0.2) is 11.3 Å². The molecule has 0 radical (unpaired) electrons. The minimum atomic E-state index is 0.639. The van der Waals surface area contributed by atoms with Gasteiger partial charge in [-0.2, -0.15) is 0 Å². The van der Waals surface area contributed by atoms with E-state index in [0.29, 0.717) is 10.6 Å². The van der Waals surface area contributed by atoms with Crippen LogP contribution in [-0.2, 0) is 0 Å². The lowest BCUT2D eigenvalue weighted by atomic mass is 9.95. The second-order valence-corrected chi connectivity index (χ2v) is 5.08. The molecule has 2 nitrogen and oxygen atoms in total. The van der Waals surface area contributed by atoms with Crippen LogP contribution in [0.4, 0.5) is 0 Å². The van der Waals surface area contributed by atoms with E-state index in [1.54, 1.807) is 12.3 Å². The number of carbonyl (C=O) groups excluding carboxylic acids is 1. The summed E-state index contributed by atoms with van der Waals surface area (Å²) in [6.45, 7) is 0. The van der Waals surface area contributed by atoms with Crippen LogP contribution in [0.1, 0.15) is 10.4 Å². The van der Waals surface area contributed by atoms with Gasteiger partial charge < -0.3 is 0 Å². The van der Waals surface area contributed by atoms with Crippen LogP contribution in [0.25, 0.3) is 22.4 Å². The number of pyridine rings is 1. The van der Waals surface area contributed by atoms with Gasteiger partial charge in [0.15, 0.2) is 0 Å². The van der Waals surface area contributed by atoms with E-state index >= 15 is 0 Å². The van der Waals surface area contributed by atoms with Crippen LogP contribution in [0.5, 0.6) is 0 Å². The first-order chi connectivity index (χ1) is 10.3. The standard InChI is InChI=1S/C18H12ClNO/c19-15-7-5-14(6-8-15)17-11-13(12-21)4-9-16(17)18-3-1-2-10-20-18/h1-12H. The Morgan fingerprint density at radius 1 is 0.905 bits per heavy atom. The van der Waals surface area contributed by atoms with Crippen molar-refractivity contribution in [3.63, 3.8) is 0 Å². The summed E-state index contributed by atoms with van der Waals surface area (Å²) < 4.78 is 0. The minimum absolute atomic E-state index is 0.639. The highest BCUT2D eigenvalue weighted by molar-refractivity contribution is 6.30. The number of hydrogen-bond donors (Lipinski definition) is 0. The molecule has 0 bridgehead atoms. The van der Waals surface area contributed by atoms with Gasteiger partial charge in [0.25, 0.3) is 0 Å². The molecule has 3 heteroatoms. The van der Waals surface area contributed by atoms with Gasteiger partial charge in [0.1, 0.15) is 6.29 Å². The quantitative estimate of drug-likeness (QED) is 0.644. The SMILES string of the molecule is O=Cc1ccc(-c2ccccn2)c(-c2ccc(Cl)cc2)c1. The zero-order valence-electron chi connectivity index (χ0n) is 11.2. The third-order valence-corrected chi connectivity index (χ3v) is 3.53. The molecule has 0 aliphatic carbocycles. The van der Waals surface area contributed by atoms with E-state index in [1.165, 1.54) is 0 Å². The molecule has 0 unspecified atom stereocenters. The maximum Gasteiger partial charge on any atom is 0.150 e. The fourth-order valence-electron chi connectivity index (χ4n) is 2.25. The molecule has 0 aliphatic rings. The number of rotatable bonds is 3. The highest BCUT2D eigenvalue weighted by Gasteiger charge is 2.09. The first-order valence-electron chi connectivity index (χ1n) is 6.54. The summed E-state index contributed by atoms with van der Waals surface area (Å²) in [5.41, 5.74) is 4.47. The largest absolute Gasteiger partial charge is 0.298 e. The number of halogens is 1. The molecule has 3 rings (SSSR count). The first-order valence-corrected chi connectivity index (χ1v) is 6.92. The van der Waals surface area contributed by atoms with Gasteiger partial charge in [0.05, 0.1) is 5.69 Å². The van der Waals surface area contributed by atoms with E-state index in [9.17, 15) is 4.79 Å². The Hall–Kier alpha value is -2.45. The predicted octanol–water partition coefficient (Wildman–Crippen LogP) is 4.88. The van der Waals surface area contributed by atoms with Crippen molar-refractivity contribution >= 4 is 17.9 Å². The van der Waals surface area contributed by atoms with Crippen molar-refractivity contribution in [3.8, 4) is 22.4 Å². The summed E-state index contributed by atoms with van der Waals surface area (Å²) in [7, 11) is 0. The average Bonchev–Trinajstić information content (AvgIpc) is 2.56. The zero-order valence-corrected chi connectivity index (χ0v) is 11.9. The highest BCUT2D eigenvalue weighted by Crippen LogP contribution is 2.32. The van der Waals surface area contributed by atoms with Gasteiger partial charge in [-0.1, -0.05) is 41.9 Å². The third kappa shape index (κ3) is 2.86. The normalized spacial score (nSPS) is 10.3. The summed E-state index contributed by atoms with van der Waals surface area (Å²) in [4.78, 5) is 15.4. The number of benzene rings is 2. The molecule has 0 saturated heterocycles. The Balaban J connectivity index is 2.21. The number of carbonyl (C=O) groups is 1. The van der Waals surface area contributed by atoms with Crippen molar-refractivity contribution in [1.29, 1.82) is 0 Å². The van der Waals surface area contributed by atoms with Crippen molar-refractivity contribution in [1.82, 2.24) is 4.98 Å². The zero-order chi connectivity index (χ0) is 14.7. The third-order valence-electron chi connectivity index (χ3n) is 3.28. The molecule has 2 aromatic carbocycles. The molecule has 0 saturated carbocycles. The molecule has 0 atom stereocenters. The van der Waals surface area contributed by atoms with Gasteiger partial charge in [-0.05, 0) is 41.5 Å². The molecular weight excluding hydrogens is 282 g/mol. The molecule has 0 N–H and O–H groups in total. The molecule has 3 aromatic rings. The maximum atomic E-state index is 11.1. The van der Waals surface area contributed by atoms with Crippen molar-refractivity contribution in [3.05, 3.63) is 77.4 Å². The molecular formula is C18H12ClNO. The Labute approximate surface area is 128 Å². The number of hydrogen-bond acceptors (Lipinski definition) is 2. The second-order valence-electron chi connectivity index (χ2n) is 4.64. The predicted molar refractivity (Wildman–Crippen MR) is 85.5 cm³/mol. The second kappa shape index (κ2) is 5.90. The van der Waals surface area contributed by atoms with Gasteiger partial charge in [-0.3, -0.25) is 9.78 Å². The summed E-state index contributed by atoms with van der Waals surface area (Å²) in [5, 5.41) is 0.685. The van der Waals surface area contributed by atoms with Gasteiger partial charge in [-0.25, -0.2) is 0 Å². The van der Waals surface area contributed by atoms with Crippen molar-refractivity contribution < 1.29 is 4.79 Å². The van der Waals surface area contributed by atoms with Crippen LogP contribution in [0.3, 0.4) is 0 Å². The summed E-state index contributed by atoms with van der Waals surface area (Å²) in [6.07, 6.45) is 2.61. The fraction of sp³-hybridized carbons (Fsp3) is 0. The Morgan fingerprint density at radius 2 is 1.71 bits per heavy atom. The molecule has 102 valence electrons. The van der Waals surface area contributed by atoms with Crippen LogP contribution in [0.2, 0.25) is 5.02 Å². The summed E-state index contributed by atoms with van der Waals surface area (Å²) in [5.74, 6) is 0. The van der Waals surface area contributed by atoms with E-state index in [2.05, 4.69) is 4.98 Å². The average molecular weight is 294 g/mol. The van der Waals surface area contributed by atoms with Gasteiger partial charge in [-0.15, -0.1) is 0 Å². The van der Waals surface area contributed by atoms with Crippen LogP contribution < -0.4 is 0 Å². The topological polar surface area (TPSA) is 30.0 Å². The van der Waals surface area contributed by atoms with E-state index in [4.69, 9.17) is 11.6 Å². The highest BCUT2D eigenvalue weighted by atomic mass is 35.5. The van der Waals surface area contributed by atoms with Crippen molar-refractivity contribution in [2.75, 3.05) is 0 Å². The van der Waals surface area contributed by atoms with E-state index in [1.807, 2.05) is 54.6 Å². The van der Waals surface area contributed by atoms with Crippen LogP contribution in [0, 0.1) is 0 Å². The Bertz CT molecular complexity index is 767. The first kappa shape index (κ1) is 13.5. The molecule has 0 aliphatic heterocycles. The maximum absolute atomic E-state index is 11.1. The summed E-state index contributed by atoms with van der Waals surface area (Å²) in [6, 6.07) is 19.0. The fourth-order valence-corrected chi connectivity index (χ4v) is 2.37. The lowest BCUT2D eigenvalue weighted by Crippen LogP contribution is -1.90. The van der Waals surface area contributed by atoms with E-state index in [-0.39, 0.29) is 0 Å². The Kier molecular flexibility index (Phi) is 3.80. The van der Waals surface area contributed by atoms with E-state index < -0.39 is 0 Å². The number of nitrogens with zero attached hydrogens (tertiary/aromatic N) is 1. The van der Waals surface area contributed by atoms with Gasteiger partial charge in [0, 0.05) is 22.3 Å². The molecule has 21 heavy (non-hydrogen) atoms. The smallest absolute Gasteiger partial charge is 0.150 e. The minimum Gasteiger partial charge on any atom is -0.298 e. The van der Waals surface area contributed by atoms with E-state index in [0.717, 1.165) is 28.7 Å². The molecule has 0 spiro atoms. The lowest BCUT2D eigenvalue weighted by Gasteiger charge is -2.10. The van der Waals surface area contributed by atoms with Crippen molar-refractivity contribution in [2.45, 2.75) is 0 Å².